The third kappa shape index (κ3) is 4.09. The number of allylic oxidation sites excluding steroid dienone is 2. The summed E-state index contributed by atoms with van der Waals surface area (Å²) >= 11 is 0. The molecule has 10 rings (SSSR count). The lowest BCUT2D eigenvalue weighted by molar-refractivity contribution is 1.18. The smallest absolute Gasteiger partial charge is 0.0777 e. The summed E-state index contributed by atoms with van der Waals surface area (Å²) in [5.41, 5.74) is 9.59. The van der Waals surface area contributed by atoms with Gasteiger partial charge in [0.25, 0.3) is 0 Å². The van der Waals surface area contributed by atoms with Crippen molar-refractivity contribution in [3.8, 4) is 16.8 Å². The Morgan fingerprint density at radius 1 is 0.521 bits per heavy atom. The maximum atomic E-state index is 4.76. The quantitative estimate of drug-likeness (QED) is 0.182. The van der Waals surface area contributed by atoms with Gasteiger partial charge >= 0.3 is 0 Å². The average molecular weight is 611 g/mol. The van der Waals surface area contributed by atoms with Crippen LogP contribution >= 0.6 is 0 Å². The van der Waals surface area contributed by atoms with E-state index in [-0.39, 0.29) is 0 Å². The van der Waals surface area contributed by atoms with E-state index in [0.717, 1.165) is 17.6 Å². The highest BCUT2D eigenvalue weighted by Gasteiger charge is 2.20. The predicted molar refractivity (Wildman–Crippen MR) is 204 cm³/mol. The van der Waals surface area contributed by atoms with Gasteiger partial charge < -0.3 is 4.57 Å². The summed E-state index contributed by atoms with van der Waals surface area (Å²) in [6.45, 7) is 0. The van der Waals surface area contributed by atoms with Crippen molar-refractivity contribution in [1.82, 2.24) is 9.55 Å². The summed E-state index contributed by atoms with van der Waals surface area (Å²) in [5.74, 6) is 0. The van der Waals surface area contributed by atoms with E-state index in [1.54, 1.807) is 0 Å². The summed E-state index contributed by atoms with van der Waals surface area (Å²) in [6, 6.07) is 53.1. The minimum atomic E-state index is 0.817. The van der Waals surface area contributed by atoms with Crippen molar-refractivity contribution >= 4 is 72.0 Å². The number of benzene rings is 7. The molecule has 0 spiro atoms. The normalized spacial score (nSPS) is 13.0. The van der Waals surface area contributed by atoms with Crippen LogP contribution in [0, 0.1) is 0 Å². The van der Waals surface area contributed by atoms with Gasteiger partial charge in [-0.2, -0.15) is 0 Å². The van der Waals surface area contributed by atoms with Crippen molar-refractivity contribution < 1.29 is 0 Å². The van der Waals surface area contributed by atoms with Gasteiger partial charge in [0, 0.05) is 38.6 Å². The Labute approximate surface area is 277 Å². The van der Waals surface area contributed by atoms with Gasteiger partial charge in [-0.25, -0.2) is 0 Å². The third-order valence-electron chi connectivity index (χ3n) is 10.0. The minimum Gasteiger partial charge on any atom is -0.309 e. The van der Waals surface area contributed by atoms with Crippen molar-refractivity contribution in [2.24, 2.45) is 0 Å². The molecular formula is C46H30N2. The summed E-state index contributed by atoms with van der Waals surface area (Å²) in [7, 11) is 0. The van der Waals surface area contributed by atoms with E-state index in [2.05, 4.69) is 162 Å². The molecule has 0 saturated heterocycles. The Morgan fingerprint density at radius 3 is 2.08 bits per heavy atom. The number of rotatable bonds is 3. The maximum absolute atomic E-state index is 4.76. The SMILES string of the molecule is C1=C(c2cc(-c3ccccc3)cc(-n3c4ccccc4c4c5ccccc5c5ccccc5c43)c2)CC=c2c(ccc3cccnc23)=C1. The average Bonchev–Trinajstić information content (AvgIpc) is 3.35. The van der Waals surface area contributed by atoms with Gasteiger partial charge in [-0.15, -0.1) is 0 Å². The summed E-state index contributed by atoms with van der Waals surface area (Å²) in [5, 5.41) is 11.3. The second kappa shape index (κ2) is 10.7. The molecule has 7 aromatic carbocycles. The highest BCUT2D eigenvalue weighted by atomic mass is 15.0. The van der Waals surface area contributed by atoms with Crippen molar-refractivity contribution in [2.45, 2.75) is 6.42 Å². The maximum Gasteiger partial charge on any atom is 0.0777 e. The molecule has 0 radical (unpaired) electrons. The lowest BCUT2D eigenvalue weighted by Gasteiger charge is -2.16. The van der Waals surface area contributed by atoms with Crippen LogP contribution < -0.4 is 10.4 Å². The topological polar surface area (TPSA) is 17.8 Å². The Bertz CT molecular complexity index is 2910. The van der Waals surface area contributed by atoms with Crippen LogP contribution in [0.3, 0.4) is 0 Å². The first-order valence-corrected chi connectivity index (χ1v) is 16.6. The second-order valence-electron chi connectivity index (χ2n) is 12.7. The van der Waals surface area contributed by atoms with Crippen molar-refractivity contribution in [2.75, 3.05) is 0 Å². The number of para-hydroxylation sites is 1. The molecule has 0 aliphatic heterocycles. The van der Waals surface area contributed by atoms with Gasteiger partial charge in [0.15, 0.2) is 0 Å². The van der Waals surface area contributed by atoms with Crippen LogP contribution in [-0.4, -0.2) is 9.55 Å². The van der Waals surface area contributed by atoms with E-state index in [0.29, 0.717) is 0 Å². The van der Waals surface area contributed by atoms with E-state index in [9.17, 15) is 0 Å². The Morgan fingerprint density at radius 2 is 1.23 bits per heavy atom. The van der Waals surface area contributed by atoms with Gasteiger partial charge in [-0.3, -0.25) is 4.98 Å². The number of nitrogens with zero attached hydrogens (tertiary/aromatic N) is 2. The third-order valence-corrected chi connectivity index (χ3v) is 10.0. The van der Waals surface area contributed by atoms with Crippen LogP contribution in [0.15, 0.2) is 158 Å². The molecule has 9 aromatic rings. The molecule has 2 heteroatoms. The molecular weight excluding hydrogens is 581 g/mol. The van der Waals surface area contributed by atoms with Crippen LogP contribution in [0.5, 0.6) is 0 Å². The molecule has 0 N–H and O–H groups in total. The largest absolute Gasteiger partial charge is 0.309 e. The number of pyridine rings is 1. The zero-order valence-corrected chi connectivity index (χ0v) is 26.3. The first kappa shape index (κ1) is 26.9. The first-order valence-electron chi connectivity index (χ1n) is 16.6. The number of hydrogen-bond donors (Lipinski definition) is 0. The molecule has 2 aromatic heterocycles. The molecule has 2 heterocycles. The highest BCUT2D eigenvalue weighted by Crippen LogP contribution is 2.43. The molecule has 48 heavy (non-hydrogen) atoms. The molecule has 0 amide bonds. The van der Waals surface area contributed by atoms with Crippen LogP contribution in [0.2, 0.25) is 0 Å². The van der Waals surface area contributed by atoms with Gasteiger partial charge in [0.05, 0.1) is 16.6 Å². The monoisotopic (exact) mass is 610 g/mol. The molecule has 224 valence electrons. The van der Waals surface area contributed by atoms with E-state index >= 15 is 0 Å². The fourth-order valence-electron chi connectivity index (χ4n) is 7.85. The number of hydrogen-bond acceptors (Lipinski definition) is 1. The summed E-state index contributed by atoms with van der Waals surface area (Å²) < 4.78 is 2.51. The predicted octanol–water partition coefficient (Wildman–Crippen LogP) is 10.4. The van der Waals surface area contributed by atoms with Gasteiger partial charge in [-0.05, 0) is 80.4 Å². The highest BCUT2D eigenvalue weighted by molar-refractivity contribution is 6.32. The van der Waals surface area contributed by atoms with E-state index in [4.69, 9.17) is 4.98 Å². The number of fused-ring (bicyclic) bond motifs is 11. The van der Waals surface area contributed by atoms with Crippen LogP contribution in [0.1, 0.15) is 12.0 Å². The van der Waals surface area contributed by atoms with Crippen LogP contribution in [0.4, 0.5) is 0 Å². The van der Waals surface area contributed by atoms with Crippen molar-refractivity contribution in [3.05, 3.63) is 174 Å². The molecule has 0 saturated carbocycles. The van der Waals surface area contributed by atoms with Crippen molar-refractivity contribution in [3.63, 3.8) is 0 Å². The van der Waals surface area contributed by atoms with Crippen molar-refractivity contribution in [1.29, 1.82) is 0 Å². The zero-order chi connectivity index (χ0) is 31.6. The zero-order valence-electron chi connectivity index (χ0n) is 26.3. The van der Waals surface area contributed by atoms with Crippen LogP contribution in [-0.2, 0) is 0 Å². The van der Waals surface area contributed by atoms with E-state index in [1.807, 2.05) is 12.3 Å². The first-order chi connectivity index (χ1) is 23.8. The Balaban J connectivity index is 1.28. The fourth-order valence-corrected chi connectivity index (χ4v) is 7.85. The Hall–Kier alpha value is -6.25. The lowest BCUT2D eigenvalue weighted by atomic mass is 9.95. The molecule has 2 nitrogen and oxygen atoms in total. The fraction of sp³-hybridized carbons (Fsp3) is 0.0217. The van der Waals surface area contributed by atoms with Gasteiger partial charge in [-0.1, -0.05) is 133 Å². The van der Waals surface area contributed by atoms with Crippen LogP contribution in [0.25, 0.3) is 88.8 Å². The molecule has 1 aliphatic carbocycles. The molecule has 0 fully saturated rings. The molecule has 0 atom stereocenters. The van der Waals surface area contributed by atoms with Gasteiger partial charge in [0.1, 0.15) is 0 Å². The lowest BCUT2D eigenvalue weighted by Crippen LogP contribution is -2.25. The summed E-state index contributed by atoms with van der Waals surface area (Å²) in [6.07, 6.45) is 9.63. The Kier molecular flexibility index (Phi) is 5.97. The standard InChI is InChI=1S/C46H30N2/c1-2-11-30(12-3-1)34-27-35(31-20-21-32-22-23-33-13-10-26-47-45(33)37(32)25-24-31)29-36(28-34)48-43-19-9-8-18-42(43)44-40-16-6-4-14-38(40)39-15-5-7-17-41(39)46(44)48/h1-23,25-29H,24H2. The van der Waals surface area contributed by atoms with E-state index in [1.165, 1.54) is 81.4 Å². The molecule has 0 bridgehead atoms. The molecule has 1 aliphatic rings. The molecule has 0 unspecified atom stereocenters. The second-order valence-corrected chi connectivity index (χ2v) is 12.7. The van der Waals surface area contributed by atoms with E-state index < -0.39 is 0 Å². The van der Waals surface area contributed by atoms with Gasteiger partial charge in [0.2, 0.25) is 0 Å². The number of aromatic nitrogens is 2. The minimum absolute atomic E-state index is 0.817. The summed E-state index contributed by atoms with van der Waals surface area (Å²) in [4.78, 5) is 4.76.